The smallest absolute Gasteiger partial charge is 0.123 e. The molecule has 0 spiro atoms. The monoisotopic (exact) mass is 398 g/mol. The first-order valence-electron chi connectivity index (χ1n) is 11.8. The van der Waals surface area contributed by atoms with E-state index in [1.54, 1.807) is 0 Å². The van der Waals surface area contributed by atoms with Gasteiger partial charge in [0.15, 0.2) is 0 Å². The van der Waals surface area contributed by atoms with Gasteiger partial charge in [-0.15, -0.1) is 5.10 Å². The van der Waals surface area contributed by atoms with Crippen LogP contribution >= 0.6 is 0 Å². The highest BCUT2D eigenvalue weighted by atomic mass is 16.5. The van der Waals surface area contributed by atoms with E-state index >= 15 is 0 Å². The fourth-order valence-electron chi connectivity index (χ4n) is 6.15. The first-order chi connectivity index (χ1) is 14.2. The largest absolute Gasteiger partial charge is 0.381 e. The molecule has 4 bridgehead atoms. The SMILES string of the molecule is C=C(CCCOCCC)CCN=Cc1cn(C23CCC4CC(CC(C4)C2)C3)nn1. The predicted molar refractivity (Wildman–Crippen MR) is 117 cm³/mol. The summed E-state index contributed by atoms with van der Waals surface area (Å²) in [6.07, 6.45) is 17.8. The third-order valence-electron chi connectivity index (χ3n) is 7.34. The highest BCUT2D eigenvalue weighted by Crippen LogP contribution is 2.55. The van der Waals surface area contributed by atoms with Crippen molar-refractivity contribution < 1.29 is 4.74 Å². The number of hydrogen-bond donors (Lipinski definition) is 0. The molecule has 5 rings (SSSR count). The lowest BCUT2D eigenvalue weighted by Gasteiger charge is -2.45. The fourth-order valence-corrected chi connectivity index (χ4v) is 6.15. The van der Waals surface area contributed by atoms with E-state index < -0.39 is 0 Å². The maximum Gasteiger partial charge on any atom is 0.123 e. The molecule has 1 aromatic heterocycles. The zero-order chi connectivity index (χ0) is 20.1. The van der Waals surface area contributed by atoms with E-state index in [-0.39, 0.29) is 5.54 Å². The Hall–Kier alpha value is -1.49. The molecule has 4 aliphatic carbocycles. The highest BCUT2D eigenvalue weighted by molar-refractivity contribution is 5.76. The summed E-state index contributed by atoms with van der Waals surface area (Å²) in [7, 11) is 0. The molecule has 160 valence electrons. The Morgan fingerprint density at radius 1 is 1.24 bits per heavy atom. The molecule has 0 aromatic carbocycles. The average molecular weight is 399 g/mol. The maximum absolute atomic E-state index is 5.53. The van der Waals surface area contributed by atoms with Crippen LogP contribution in [0.4, 0.5) is 0 Å². The molecule has 4 aliphatic rings. The molecule has 29 heavy (non-hydrogen) atoms. The van der Waals surface area contributed by atoms with Crippen LogP contribution in [0.3, 0.4) is 0 Å². The zero-order valence-electron chi connectivity index (χ0n) is 18.2. The van der Waals surface area contributed by atoms with Gasteiger partial charge in [-0.2, -0.15) is 0 Å². The molecule has 4 saturated carbocycles. The van der Waals surface area contributed by atoms with E-state index in [0.29, 0.717) is 0 Å². The summed E-state index contributed by atoms with van der Waals surface area (Å²) in [5.41, 5.74) is 2.39. The second-order valence-electron chi connectivity index (χ2n) is 9.82. The molecule has 0 amide bonds. The number of fused-ring (bicyclic) bond motifs is 1. The van der Waals surface area contributed by atoms with Crippen LogP contribution in [-0.4, -0.2) is 41.0 Å². The maximum atomic E-state index is 5.53. The van der Waals surface area contributed by atoms with Crippen molar-refractivity contribution >= 4 is 6.21 Å². The van der Waals surface area contributed by atoms with Crippen LogP contribution in [-0.2, 0) is 10.3 Å². The van der Waals surface area contributed by atoms with Gasteiger partial charge in [0.25, 0.3) is 0 Å². The lowest BCUT2D eigenvalue weighted by molar-refractivity contribution is 0.0632. The van der Waals surface area contributed by atoms with Crippen LogP contribution in [0, 0.1) is 17.8 Å². The van der Waals surface area contributed by atoms with Crippen LogP contribution in [0.2, 0.25) is 0 Å². The second kappa shape index (κ2) is 9.55. The molecule has 5 nitrogen and oxygen atoms in total. The number of nitrogens with zero attached hydrogens (tertiary/aromatic N) is 4. The van der Waals surface area contributed by atoms with Gasteiger partial charge in [-0.05, 0) is 88.4 Å². The van der Waals surface area contributed by atoms with Crippen LogP contribution in [0.5, 0.6) is 0 Å². The average Bonchev–Trinajstić information content (AvgIpc) is 3.09. The third kappa shape index (κ3) is 5.17. The van der Waals surface area contributed by atoms with Gasteiger partial charge in [-0.1, -0.05) is 24.3 Å². The van der Waals surface area contributed by atoms with E-state index in [9.17, 15) is 0 Å². The van der Waals surface area contributed by atoms with Gasteiger partial charge in [-0.3, -0.25) is 4.99 Å². The van der Waals surface area contributed by atoms with Gasteiger partial charge in [0.2, 0.25) is 0 Å². The van der Waals surface area contributed by atoms with Crippen LogP contribution < -0.4 is 0 Å². The van der Waals surface area contributed by atoms with E-state index in [0.717, 1.165) is 68.9 Å². The Morgan fingerprint density at radius 2 is 2.03 bits per heavy atom. The molecule has 2 atom stereocenters. The summed E-state index contributed by atoms with van der Waals surface area (Å²) in [4.78, 5) is 4.58. The quantitative estimate of drug-likeness (QED) is 0.294. The Kier molecular flexibility index (Phi) is 6.84. The Bertz CT molecular complexity index is 695. The van der Waals surface area contributed by atoms with E-state index in [1.165, 1.54) is 50.5 Å². The summed E-state index contributed by atoms with van der Waals surface area (Å²) >= 11 is 0. The number of ether oxygens (including phenoxy) is 1. The van der Waals surface area contributed by atoms with Gasteiger partial charge in [0.1, 0.15) is 5.69 Å². The molecular weight excluding hydrogens is 360 g/mol. The molecule has 0 radical (unpaired) electrons. The van der Waals surface area contributed by atoms with Crippen molar-refractivity contribution in [3.05, 3.63) is 24.0 Å². The zero-order valence-corrected chi connectivity index (χ0v) is 18.2. The van der Waals surface area contributed by atoms with Crippen molar-refractivity contribution in [1.82, 2.24) is 15.0 Å². The summed E-state index contributed by atoms with van der Waals surface area (Å²) in [5.74, 6) is 2.79. The standard InChI is InChI=1S/C24H38N4O/c1-3-10-29-11-4-5-19(2)7-9-25-17-23-18-28(27-26-23)24-8-6-20-12-21(15-24)14-22(13-20)16-24/h17-18,20-22H,2-16H2,1H3. The molecule has 5 heteroatoms. The van der Waals surface area contributed by atoms with Gasteiger partial charge < -0.3 is 4.74 Å². The third-order valence-corrected chi connectivity index (χ3v) is 7.34. The first-order valence-corrected chi connectivity index (χ1v) is 11.8. The van der Waals surface area contributed by atoms with Crippen molar-refractivity contribution in [2.45, 2.75) is 83.1 Å². The number of rotatable bonds is 11. The van der Waals surface area contributed by atoms with Crippen molar-refractivity contribution in [2.75, 3.05) is 19.8 Å². The van der Waals surface area contributed by atoms with E-state index in [2.05, 4.69) is 39.7 Å². The molecule has 4 fully saturated rings. The van der Waals surface area contributed by atoms with Crippen molar-refractivity contribution in [3.63, 3.8) is 0 Å². The van der Waals surface area contributed by atoms with Crippen molar-refractivity contribution in [1.29, 1.82) is 0 Å². The lowest BCUT2D eigenvalue weighted by atomic mass is 9.65. The molecule has 2 unspecified atom stereocenters. The summed E-state index contributed by atoms with van der Waals surface area (Å²) in [5, 5.41) is 8.99. The van der Waals surface area contributed by atoms with Gasteiger partial charge >= 0.3 is 0 Å². The predicted octanol–water partition coefficient (Wildman–Crippen LogP) is 5.17. The van der Waals surface area contributed by atoms with E-state index in [4.69, 9.17) is 4.74 Å². The molecule has 0 N–H and O–H groups in total. The molecule has 1 aromatic rings. The summed E-state index contributed by atoms with van der Waals surface area (Å²) in [6, 6.07) is 0. The second-order valence-corrected chi connectivity index (χ2v) is 9.82. The summed E-state index contributed by atoms with van der Waals surface area (Å²) in [6.45, 7) is 8.79. The highest BCUT2D eigenvalue weighted by Gasteiger charge is 2.49. The topological polar surface area (TPSA) is 52.3 Å². The van der Waals surface area contributed by atoms with Crippen molar-refractivity contribution in [3.8, 4) is 0 Å². The number of aliphatic imine (C=N–C) groups is 1. The van der Waals surface area contributed by atoms with Crippen molar-refractivity contribution in [2.24, 2.45) is 22.7 Å². The normalized spacial score (nSPS) is 30.9. The summed E-state index contributed by atoms with van der Waals surface area (Å²) < 4.78 is 7.74. The minimum absolute atomic E-state index is 0.228. The van der Waals surface area contributed by atoms with Gasteiger partial charge in [-0.25, -0.2) is 4.68 Å². The van der Waals surface area contributed by atoms with E-state index in [1.807, 2.05) is 6.21 Å². The minimum atomic E-state index is 0.228. The molecule has 0 saturated heterocycles. The minimum Gasteiger partial charge on any atom is -0.381 e. The molecule has 0 aliphatic heterocycles. The van der Waals surface area contributed by atoms with Crippen LogP contribution in [0.15, 0.2) is 23.3 Å². The number of aromatic nitrogens is 3. The Labute approximate surface area is 176 Å². The van der Waals surface area contributed by atoms with Gasteiger partial charge in [0, 0.05) is 19.8 Å². The van der Waals surface area contributed by atoms with Gasteiger partial charge in [0.05, 0.1) is 18.0 Å². The number of hydrogen-bond acceptors (Lipinski definition) is 4. The fraction of sp³-hybridized carbons (Fsp3) is 0.792. The molecular formula is C24H38N4O. The lowest BCUT2D eigenvalue weighted by Crippen LogP contribution is -2.42. The first kappa shape index (κ1) is 20.8. The Balaban J connectivity index is 1.25. The molecule has 1 heterocycles. The van der Waals surface area contributed by atoms with Crippen LogP contribution in [0.1, 0.15) is 83.2 Å². The van der Waals surface area contributed by atoms with Crippen LogP contribution in [0.25, 0.3) is 0 Å². The Morgan fingerprint density at radius 3 is 2.83 bits per heavy atom.